The minimum Gasteiger partial charge on any atom is -0.481 e. The highest BCUT2D eigenvalue weighted by atomic mass is 16.4. The van der Waals surface area contributed by atoms with Crippen molar-refractivity contribution in [3.63, 3.8) is 0 Å². The second-order valence-electron chi connectivity index (χ2n) is 5.71. The summed E-state index contributed by atoms with van der Waals surface area (Å²) in [7, 11) is 0. The molecule has 0 unspecified atom stereocenters. The third-order valence-corrected chi connectivity index (χ3v) is 2.74. The number of nitrogens with zero attached hydrogens (tertiary/aromatic N) is 1. The van der Waals surface area contributed by atoms with E-state index in [9.17, 15) is 9.59 Å². The number of aliphatic carboxylic acids is 1. The fourth-order valence-electron chi connectivity index (χ4n) is 2.06. The summed E-state index contributed by atoms with van der Waals surface area (Å²) in [6, 6.07) is 0. The summed E-state index contributed by atoms with van der Waals surface area (Å²) in [5, 5.41) is 11.8. The predicted octanol–water partition coefficient (Wildman–Crippen LogP) is 0.698. The molecule has 1 atom stereocenters. The lowest BCUT2D eigenvalue weighted by Crippen LogP contribution is -2.48. The Bertz CT molecular complexity index is 297. The molecule has 98 valence electrons. The molecule has 1 saturated heterocycles. The van der Waals surface area contributed by atoms with Crippen LogP contribution in [0.25, 0.3) is 0 Å². The minimum absolute atomic E-state index is 0.0384. The lowest BCUT2D eigenvalue weighted by atomic mass is 9.98. The average molecular weight is 242 g/mol. The van der Waals surface area contributed by atoms with Crippen molar-refractivity contribution in [1.82, 2.24) is 10.2 Å². The van der Waals surface area contributed by atoms with Crippen LogP contribution in [0, 0.1) is 5.92 Å². The van der Waals surface area contributed by atoms with Gasteiger partial charge in [-0.05, 0) is 40.2 Å². The van der Waals surface area contributed by atoms with Crippen LogP contribution in [0.2, 0.25) is 0 Å². The van der Waals surface area contributed by atoms with Gasteiger partial charge in [0.15, 0.2) is 0 Å². The molecule has 17 heavy (non-hydrogen) atoms. The molecule has 1 aliphatic heterocycles. The first-order valence-corrected chi connectivity index (χ1v) is 6.04. The molecule has 0 bridgehead atoms. The van der Waals surface area contributed by atoms with Crippen LogP contribution in [0.1, 0.15) is 33.6 Å². The van der Waals surface area contributed by atoms with Crippen LogP contribution >= 0.6 is 0 Å². The van der Waals surface area contributed by atoms with Gasteiger partial charge in [0, 0.05) is 12.1 Å². The number of piperidine rings is 1. The van der Waals surface area contributed by atoms with E-state index in [4.69, 9.17) is 5.11 Å². The first-order valence-electron chi connectivity index (χ1n) is 6.04. The normalized spacial score (nSPS) is 22.2. The lowest BCUT2D eigenvalue weighted by Gasteiger charge is -2.31. The number of rotatable bonds is 3. The molecule has 0 aromatic carbocycles. The highest BCUT2D eigenvalue weighted by molar-refractivity contribution is 5.79. The Kier molecular flexibility index (Phi) is 4.51. The Morgan fingerprint density at radius 2 is 2.06 bits per heavy atom. The van der Waals surface area contributed by atoms with Crippen molar-refractivity contribution in [2.45, 2.75) is 39.2 Å². The van der Waals surface area contributed by atoms with E-state index in [0.29, 0.717) is 19.5 Å². The number of carboxylic acid groups (broad SMARTS) is 1. The smallest absolute Gasteiger partial charge is 0.307 e. The van der Waals surface area contributed by atoms with Gasteiger partial charge in [-0.1, -0.05) is 0 Å². The fourth-order valence-corrected chi connectivity index (χ4v) is 2.06. The second kappa shape index (κ2) is 5.49. The molecule has 0 aromatic rings. The van der Waals surface area contributed by atoms with Gasteiger partial charge < -0.3 is 10.4 Å². The molecule has 1 fully saturated rings. The molecule has 1 rings (SSSR count). The molecule has 0 spiro atoms. The zero-order valence-corrected chi connectivity index (χ0v) is 10.8. The molecular weight excluding hydrogens is 220 g/mol. The van der Waals surface area contributed by atoms with Crippen LogP contribution in [0.4, 0.5) is 0 Å². The Morgan fingerprint density at radius 3 is 2.59 bits per heavy atom. The van der Waals surface area contributed by atoms with Gasteiger partial charge in [-0.2, -0.15) is 0 Å². The fraction of sp³-hybridized carbons (Fsp3) is 0.833. The van der Waals surface area contributed by atoms with Crippen molar-refractivity contribution in [2.75, 3.05) is 19.6 Å². The zero-order chi connectivity index (χ0) is 13.1. The largest absolute Gasteiger partial charge is 0.481 e. The van der Waals surface area contributed by atoms with Crippen LogP contribution in [-0.2, 0) is 9.59 Å². The summed E-state index contributed by atoms with van der Waals surface area (Å²) in [5.41, 5.74) is -0.237. The highest BCUT2D eigenvalue weighted by Gasteiger charge is 2.26. The molecule has 1 aliphatic rings. The van der Waals surface area contributed by atoms with Gasteiger partial charge in [-0.25, -0.2) is 0 Å². The summed E-state index contributed by atoms with van der Waals surface area (Å²) < 4.78 is 0. The number of carbonyl (C=O) groups is 2. The van der Waals surface area contributed by atoms with Crippen molar-refractivity contribution in [3.8, 4) is 0 Å². The third kappa shape index (κ3) is 5.17. The average Bonchev–Trinajstić information content (AvgIpc) is 2.14. The minimum atomic E-state index is -0.758. The SMILES string of the molecule is CC(C)(C)NC(=O)CN1CCC[C@H](C(=O)O)C1. The van der Waals surface area contributed by atoms with Gasteiger partial charge in [0.25, 0.3) is 0 Å². The Morgan fingerprint density at radius 1 is 1.41 bits per heavy atom. The molecular formula is C12H22N2O3. The molecule has 5 heteroatoms. The van der Waals surface area contributed by atoms with Crippen molar-refractivity contribution in [3.05, 3.63) is 0 Å². The van der Waals surface area contributed by atoms with Gasteiger partial charge >= 0.3 is 5.97 Å². The molecule has 0 aliphatic carbocycles. The summed E-state index contributed by atoms with van der Waals surface area (Å²) in [4.78, 5) is 24.5. The Labute approximate surface area is 102 Å². The highest BCUT2D eigenvalue weighted by Crippen LogP contribution is 2.16. The van der Waals surface area contributed by atoms with E-state index in [1.165, 1.54) is 0 Å². The van der Waals surface area contributed by atoms with E-state index in [0.717, 1.165) is 13.0 Å². The standard InChI is InChI=1S/C12H22N2O3/c1-12(2,3)13-10(15)8-14-6-4-5-9(7-14)11(16)17/h9H,4-8H2,1-3H3,(H,13,15)(H,16,17)/t9-/m0/s1. The molecule has 0 aromatic heterocycles. The number of carboxylic acids is 1. The van der Waals surface area contributed by atoms with E-state index in [-0.39, 0.29) is 17.4 Å². The molecule has 5 nitrogen and oxygen atoms in total. The number of hydrogen-bond acceptors (Lipinski definition) is 3. The van der Waals surface area contributed by atoms with Crippen molar-refractivity contribution in [1.29, 1.82) is 0 Å². The third-order valence-electron chi connectivity index (χ3n) is 2.74. The van der Waals surface area contributed by atoms with E-state index in [1.807, 2.05) is 25.7 Å². The first kappa shape index (κ1) is 14.0. The molecule has 0 radical (unpaired) electrons. The van der Waals surface area contributed by atoms with Crippen molar-refractivity contribution in [2.24, 2.45) is 5.92 Å². The van der Waals surface area contributed by atoms with Crippen LogP contribution < -0.4 is 5.32 Å². The quantitative estimate of drug-likeness (QED) is 0.764. The second-order valence-corrected chi connectivity index (χ2v) is 5.71. The number of amides is 1. The number of carbonyl (C=O) groups excluding carboxylic acids is 1. The maximum absolute atomic E-state index is 11.7. The predicted molar refractivity (Wildman–Crippen MR) is 64.7 cm³/mol. The van der Waals surface area contributed by atoms with E-state index >= 15 is 0 Å². The molecule has 1 heterocycles. The maximum atomic E-state index is 11.7. The Balaban J connectivity index is 2.41. The number of nitrogens with one attached hydrogen (secondary N) is 1. The monoisotopic (exact) mass is 242 g/mol. The summed E-state index contributed by atoms with van der Waals surface area (Å²) in [5.74, 6) is -1.12. The van der Waals surface area contributed by atoms with Crippen molar-refractivity contribution < 1.29 is 14.7 Å². The Hall–Kier alpha value is -1.10. The number of hydrogen-bond donors (Lipinski definition) is 2. The van der Waals surface area contributed by atoms with Crippen LogP contribution in [-0.4, -0.2) is 47.1 Å². The van der Waals surface area contributed by atoms with Crippen LogP contribution in [0.15, 0.2) is 0 Å². The van der Waals surface area contributed by atoms with E-state index in [2.05, 4.69) is 5.32 Å². The summed E-state index contributed by atoms with van der Waals surface area (Å²) in [6.07, 6.45) is 1.56. The van der Waals surface area contributed by atoms with Gasteiger partial charge in [-0.15, -0.1) is 0 Å². The van der Waals surface area contributed by atoms with Crippen LogP contribution in [0.5, 0.6) is 0 Å². The van der Waals surface area contributed by atoms with Gasteiger partial charge in [-0.3, -0.25) is 14.5 Å². The first-order chi connectivity index (χ1) is 7.78. The summed E-state index contributed by atoms with van der Waals surface area (Å²) in [6.45, 7) is 7.37. The van der Waals surface area contributed by atoms with E-state index < -0.39 is 5.97 Å². The number of likely N-dealkylation sites (tertiary alicyclic amines) is 1. The molecule has 0 saturated carbocycles. The zero-order valence-electron chi connectivity index (χ0n) is 10.8. The van der Waals surface area contributed by atoms with Crippen LogP contribution in [0.3, 0.4) is 0 Å². The lowest BCUT2D eigenvalue weighted by molar-refractivity contribution is -0.144. The van der Waals surface area contributed by atoms with E-state index in [1.54, 1.807) is 0 Å². The molecule has 2 N–H and O–H groups in total. The summed E-state index contributed by atoms with van der Waals surface area (Å²) >= 11 is 0. The topological polar surface area (TPSA) is 69.6 Å². The van der Waals surface area contributed by atoms with Gasteiger partial charge in [0.2, 0.25) is 5.91 Å². The van der Waals surface area contributed by atoms with Gasteiger partial charge in [0.05, 0.1) is 12.5 Å². The van der Waals surface area contributed by atoms with Gasteiger partial charge in [0.1, 0.15) is 0 Å². The maximum Gasteiger partial charge on any atom is 0.307 e. The van der Waals surface area contributed by atoms with Crippen molar-refractivity contribution >= 4 is 11.9 Å². The molecule has 1 amide bonds.